The van der Waals surface area contributed by atoms with Crippen LogP contribution in [0.5, 0.6) is 0 Å². The highest BCUT2D eigenvalue weighted by Crippen LogP contribution is 2.39. The lowest BCUT2D eigenvalue weighted by molar-refractivity contribution is 0.328. The second-order valence-corrected chi connectivity index (χ2v) is 3.48. The summed E-state index contributed by atoms with van der Waals surface area (Å²) in [7, 11) is 0. The first-order valence-electron chi connectivity index (χ1n) is 4.03. The molecule has 2 unspecified atom stereocenters. The lowest BCUT2D eigenvalue weighted by atomic mass is 9.81. The van der Waals surface area contributed by atoms with Crippen LogP contribution in [0.3, 0.4) is 0 Å². The first-order valence-corrected chi connectivity index (χ1v) is 4.03. The molecule has 0 amide bonds. The predicted molar refractivity (Wildman–Crippen MR) is 42.3 cm³/mol. The molecule has 0 aromatic heterocycles. The molecule has 1 fully saturated rings. The van der Waals surface area contributed by atoms with Gasteiger partial charge in [-0.1, -0.05) is 12.2 Å². The van der Waals surface area contributed by atoms with Crippen LogP contribution in [0.4, 0.5) is 0 Å². The topological polar surface area (TPSA) is 0 Å². The second kappa shape index (κ2) is 2.16. The Bertz CT molecular complexity index is 181. The summed E-state index contributed by atoms with van der Waals surface area (Å²) in [6.07, 6.45) is 13.9. The van der Waals surface area contributed by atoms with Gasteiger partial charge >= 0.3 is 0 Å². The van der Waals surface area contributed by atoms with Gasteiger partial charge < -0.3 is 0 Å². The van der Waals surface area contributed by atoms with Crippen molar-refractivity contribution in [1.29, 1.82) is 0 Å². The van der Waals surface area contributed by atoms with Crippen LogP contribution < -0.4 is 0 Å². The Labute approximate surface area is 62.3 Å². The monoisotopic (exact) mass is 132 g/mol. The summed E-state index contributed by atoms with van der Waals surface area (Å²) in [6.45, 7) is 0. The van der Waals surface area contributed by atoms with Crippen molar-refractivity contribution in [3.05, 3.63) is 12.2 Å². The normalized spacial score (nSPS) is 43.3. The average molecular weight is 132 g/mol. The molecule has 0 N–H and O–H groups in total. The number of fused-ring (bicyclic) bond motifs is 2. The summed E-state index contributed by atoms with van der Waals surface area (Å²) in [5.41, 5.74) is 0. The van der Waals surface area contributed by atoms with E-state index < -0.39 is 0 Å². The van der Waals surface area contributed by atoms with Crippen LogP contribution in [-0.2, 0) is 0 Å². The van der Waals surface area contributed by atoms with E-state index in [-0.39, 0.29) is 0 Å². The Morgan fingerprint density at radius 1 is 1.10 bits per heavy atom. The van der Waals surface area contributed by atoms with E-state index in [0.29, 0.717) is 5.92 Å². The fraction of sp³-hybridized carbons (Fsp3) is 0.600. The zero-order chi connectivity index (χ0) is 6.97. The van der Waals surface area contributed by atoms with Gasteiger partial charge in [0.25, 0.3) is 0 Å². The van der Waals surface area contributed by atoms with Gasteiger partial charge in [0, 0.05) is 5.92 Å². The molecule has 10 heavy (non-hydrogen) atoms. The quantitative estimate of drug-likeness (QED) is 0.350. The minimum absolute atomic E-state index is 0.568. The molecule has 0 aromatic carbocycles. The predicted octanol–water partition coefficient (Wildman–Crippen LogP) is 2.22. The van der Waals surface area contributed by atoms with Gasteiger partial charge in [-0.2, -0.15) is 0 Å². The molecular weight excluding hydrogens is 120 g/mol. The van der Waals surface area contributed by atoms with Crippen LogP contribution in [0.1, 0.15) is 19.3 Å². The molecule has 0 heterocycles. The Balaban J connectivity index is 2.09. The molecular formula is C10H12. The maximum atomic E-state index is 5.38. The van der Waals surface area contributed by atoms with Crippen LogP contribution >= 0.6 is 0 Å². The smallest absolute Gasteiger partial charge is 0.0211 e. The Kier molecular flexibility index (Phi) is 1.31. The molecule has 2 aliphatic rings. The molecule has 0 aromatic rings. The van der Waals surface area contributed by atoms with E-state index in [0.717, 1.165) is 11.8 Å². The fourth-order valence-corrected chi connectivity index (χ4v) is 2.17. The Morgan fingerprint density at radius 3 is 2.20 bits per heavy atom. The maximum absolute atomic E-state index is 5.38. The lowest BCUT2D eigenvalue weighted by Gasteiger charge is -2.23. The van der Waals surface area contributed by atoms with Crippen molar-refractivity contribution in [3.8, 4) is 12.3 Å². The fourth-order valence-electron chi connectivity index (χ4n) is 2.17. The second-order valence-electron chi connectivity index (χ2n) is 3.48. The average Bonchev–Trinajstić information content (AvgIpc) is 2.30. The minimum Gasteiger partial charge on any atom is -0.120 e. The summed E-state index contributed by atoms with van der Waals surface area (Å²) in [5, 5.41) is 0. The largest absolute Gasteiger partial charge is 0.120 e. The van der Waals surface area contributed by atoms with Crippen LogP contribution in [0.15, 0.2) is 12.2 Å². The van der Waals surface area contributed by atoms with E-state index >= 15 is 0 Å². The van der Waals surface area contributed by atoms with Crippen LogP contribution in [0.2, 0.25) is 0 Å². The summed E-state index contributed by atoms with van der Waals surface area (Å²) >= 11 is 0. The van der Waals surface area contributed by atoms with Gasteiger partial charge in [0.15, 0.2) is 0 Å². The van der Waals surface area contributed by atoms with Crippen molar-refractivity contribution < 1.29 is 0 Å². The summed E-state index contributed by atoms with van der Waals surface area (Å²) in [4.78, 5) is 0. The molecule has 0 saturated heterocycles. The van der Waals surface area contributed by atoms with Crippen molar-refractivity contribution in [3.63, 3.8) is 0 Å². The maximum Gasteiger partial charge on any atom is 0.0211 e. The number of terminal acetylenes is 1. The first-order chi connectivity index (χ1) is 4.88. The van der Waals surface area contributed by atoms with Gasteiger partial charge in [0.05, 0.1) is 0 Å². The van der Waals surface area contributed by atoms with E-state index in [4.69, 9.17) is 6.42 Å². The molecule has 2 bridgehead atoms. The molecule has 52 valence electrons. The third-order valence-corrected chi connectivity index (χ3v) is 2.67. The Morgan fingerprint density at radius 2 is 1.70 bits per heavy atom. The third-order valence-electron chi connectivity index (χ3n) is 2.67. The number of allylic oxidation sites excluding steroid dienone is 2. The van der Waals surface area contributed by atoms with E-state index in [1.165, 1.54) is 19.3 Å². The van der Waals surface area contributed by atoms with Crippen molar-refractivity contribution in [2.75, 3.05) is 0 Å². The zero-order valence-corrected chi connectivity index (χ0v) is 6.09. The van der Waals surface area contributed by atoms with E-state index in [9.17, 15) is 0 Å². The molecule has 0 heteroatoms. The molecule has 2 rings (SSSR count). The molecule has 2 aliphatic carbocycles. The minimum atomic E-state index is 0.568. The van der Waals surface area contributed by atoms with Crippen LogP contribution in [0.25, 0.3) is 0 Å². The molecule has 0 spiro atoms. The van der Waals surface area contributed by atoms with Crippen LogP contribution in [0, 0.1) is 30.1 Å². The van der Waals surface area contributed by atoms with Crippen molar-refractivity contribution in [2.45, 2.75) is 19.3 Å². The molecule has 0 radical (unpaired) electrons. The van der Waals surface area contributed by atoms with Gasteiger partial charge in [-0.15, -0.1) is 12.3 Å². The molecule has 1 saturated carbocycles. The van der Waals surface area contributed by atoms with Gasteiger partial charge in [0.2, 0.25) is 0 Å². The van der Waals surface area contributed by atoms with Gasteiger partial charge in [-0.3, -0.25) is 0 Å². The first kappa shape index (κ1) is 6.04. The van der Waals surface area contributed by atoms with Gasteiger partial charge in [-0.25, -0.2) is 0 Å². The molecule has 2 atom stereocenters. The Hall–Kier alpha value is -0.700. The number of hydrogen-bond acceptors (Lipinski definition) is 0. The number of rotatable bonds is 0. The van der Waals surface area contributed by atoms with E-state index in [1.54, 1.807) is 0 Å². The summed E-state index contributed by atoms with van der Waals surface area (Å²) in [5.74, 6) is 5.07. The van der Waals surface area contributed by atoms with Gasteiger partial charge in [-0.05, 0) is 31.1 Å². The molecule has 0 aliphatic heterocycles. The van der Waals surface area contributed by atoms with E-state index in [1.807, 2.05) is 0 Å². The SMILES string of the molecule is C#CC1CC2C=CC(C1)C2. The summed E-state index contributed by atoms with van der Waals surface area (Å²) < 4.78 is 0. The zero-order valence-electron chi connectivity index (χ0n) is 6.09. The lowest BCUT2D eigenvalue weighted by Crippen LogP contribution is -2.14. The summed E-state index contributed by atoms with van der Waals surface area (Å²) in [6, 6.07) is 0. The highest BCUT2D eigenvalue weighted by Gasteiger charge is 2.28. The van der Waals surface area contributed by atoms with Crippen molar-refractivity contribution in [1.82, 2.24) is 0 Å². The third kappa shape index (κ3) is 0.865. The van der Waals surface area contributed by atoms with Crippen molar-refractivity contribution in [2.24, 2.45) is 17.8 Å². The number of hydrogen-bond donors (Lipinski definition) is 0. The van der Waals surface area contributed by atoms with E-state index in [2.05, 4.69) is 18.1 Å². The highest BCUT2D eigenvalue weighted by atomic mass is 14.3. The molecule has 0 nitrogen and oxygen atoms in total. The van der Waals surface area contributed by atoms with Crippen LogP contribution in [-0.4, -0.2) is 0 Å². The standard InChI is InChI=1S/C10H12/c1-2-8-5-9-3-4-10(6-8)7-9/h1,3-4,8-10H,5-7H2. The highest BCUT2D eigenvalue weighted by molar-refractivity contribution is 5.10. The van der Waals surface area contributed by atoms with Gasteiger partial charge in [0.1, 0.15) is 0 Å². The van der Waals surface area contributed by atoms with Crippen molar-refractivity contribution >= 4 is 0 Å².